The summed E-state index contributed by atoms with van der Waals surface area (Å²) in [5.74, 6) is -0.863. The summed E-state index contributed by atoms with van der Waals surface area (Å²) in [6, 6.07) is 11.7. The van der Waals surface area contributed by atoms with E-state index in [2.05, 4.69) is 20.8 Å². The lowest BCUT2D eigenvalue weighted by molar-refractivity contribution is -0.138. The molecule has 3 aromatic rings. The van der Waals surface area contributed by atoms with Gasteiger partial charge in [-0.05, 0) is 47.2 Å². The molecule has 2 N–H and O–H groups in total. The Morgan fingerprint density at radius 2 is 1.82 bits per heavy atom. The molecule has 0 radical (unpaired) electrons. The number of alkyl halides is 3. The number of halogens is 3. The Hall–Kier alpha value is -3.16. The molecule has 4 rings (SSSR count). The third kappa shape index (κ3) is 5.85. The molecule has 2 aromatic carbocycles. The molecule has 0 aliphatic carbocycles. The van der Waals surface area contributed by atoms with E-state index in [0.717, 1.165) is 40.9 Å². The molecule has 1 saturated heterocycles. The molecule has 13 heteroatoms. The Morgan fingerprint density at radius 1 is 1.09 bits per heavy atom. The number of anilines is 1. The average Bonchev–Trinajstić information content (AvgIpc) is 3.37. The summed E-state index contributed by atoms with van der Waals surface area (Å²) >= 11 is 2.94. The fourth-order valence-electron chi connectivity index (χ4n) is 2.85. The first kappa shape index (κ1) is 24.0. The zero-order chi connectivity index (χ0) is 24.3. The van der Waals surface area contributed by atoms with E-state index in [1.165, 1.54) is 18.2 Å². The molecular weight excluding hydrogens is 509 g/mol. The van der Waals surface area contributed by atoms with Crippen molar-refractivity contribution in [2.24, 2.45) is 0 Å². The van der Waals surface area contributed by atoms with E-state index in [4.69, 9.17) is 0 Å². The number of aromatic nitrogens is 2. The predicted molar refractivity (Wildman–Crippen MR) is 124 cm³/mol. The number of carbonyl (C=O) groups is 3. The van der Waals surface area contributed by atoms with Crippen molar-refractivity contribution >= 4 is 63.1 Å². The molecule has 0 bridgehead atoms. The van der Waals surface area contributed by atoms with Gasteiger partial charge in [0.1, 0.15) is 0 Å². The summed E-state index contributed by atoms with van der Waals surface area (Å²) in [5.41, 5.74) is 0.398. The van der Waals surface area contributed by atoms with Crippen LogP contribution in [0.3, 0.4) is 0 Å². The Balaban J connectivity index is 1.36. The van der Waals surface area contributed by atoms with Crippen LogP contribution in [0.2, 0.25) is 0 Å². The Labute approximate surface area is 203 Å². The summed E-state index contributed by atoms with van der Waals surface area (Å²) in [5, 5.41) is 12.3. The normalized spacial score (nSPS) is 15.0. The molecule has 3 amide bonds. The van der Waals surface area contributed by atoms with Crippen LogP contribution in [-0.2, 0) is 16.7 Å². The van der Waals surface area contributed by atoms with Crippen LogP contribution in [0.15, 0.2) is 57.8 Å². The third-order valence-corrected chi connectivity index (χ3v) is 7.24. The van der Waals surface area contributed by atoms with Gasteiger partial charge < -0.3 is 0 Å². The lowest BCUT2D eigenvalue weighted by Crippen LogP contribution is -2.17. The average molecular weight is 523 g/mol. The van der Waals surface area contributed by atoms with Gasteiger partial charge in [-0.15, -0.1) is 10.2 Å². The predicted octanol–water partition coefficient (Wildman–Crippen LogP) is 5.43. The van der Waals surface area contributed by atoms with Crippen molar-refractivity contribution in [3.8, 4) is 0 Å². The van der Waals surface area contributed by atoms with Gasteiger partial charge in [-0.25, -0.2) is 0 Å². The first-order valence-electron chi connectivity index (χ1n) is 9.47. The van der Waals surface area contributed by atoms with Gasteiger partial charge in [0.05, 0.1) is 10.5 Å². The maximum atomic E-state index is 13.1. The lowest BCUT2D eigenvalue weighted by Gasteiger charge is -2.11. The molecule has 2 heterocycles. The molecule has 1 aliphatic heterocycles. The van der Waals surface area contributed by atoms with Gasteiger partial charge in [0.2, 0.25) is 5.13 Å². The molecule has 1 fully saturated rings. The van der Waals surface area contributed by atoms with Crippen LogP contribution in [0.4, 0.5) is 23.1 Å². The van der Waals surface area contributed by atoms with E-state index < -0.39 is 28.8 Å². The van der Waals surface area contributed by atoms with E-state index in [-0.39, 0.29) is 21.4 Å². The van der Waals surface area contributed by atoms with Crippen molar-refractivity contribution in [2.75, 3.05) is 5.32 Å². The number of hydrogen-bond donors (Lipinski definition) is 2. The van der Waals surface area contributed by atoms with Crippen LogP contribution in [0.1, 0.15) is 27.0 Å². The number of imide groups is 1. The molecule has 0 spiro atoms. The van der Waals surface area contributed by atoms with Crippen LogP contribution in [0, 0.1) is 0 Å². The summed E-state index contributed by atoms with van der Waals surface area (Å²) in [6.07, 6.45) is -2.90. The van der Waals surface area contributed by atoms with Crippen molar-refractivity contribution < 1.29 is 27.6 Å². The zero-order valence-corrected chi connectivity index (χ0v) is 19.3. The molecule has 0 unspecified atom stereocenters. The van der Waals surface area contributed by atoms with Gasteiger partial charge in [-0.2, -0.15) is 13.2 Å². The van der Waals surface area contributed by atoms with E-state index in [1.54, 1.807) is 30.3 Å². The molecule has 34 heavy (non-hydrogen) atoms. The second-order valence-corrected chi connectivity index (χ2v) is 9.96. The number of amides is 3. The largest absolute Gasteiger partial charge is 0.416 e. The molecule has 7 nitrogen and oxygen atoms in total. The number of nitrogens with one attached hydrogen (secondary N) is 2. The smallest absolute Gasteiger partial charge is 0.296 e. The van der Waals surface area contributed by atoms with Gasteiger partial charge in [0.25, 0.3) is 17.1 Å². The number of benzene rings is 2. The monoisotopic (exact) mass is 522 g/mol. The maximum Gasteiger partial charge on any atom is 0.416 e. The van der Waals surface area contributed by atoms with E-state index in [1.807, 2.05) is 0 Å². The standard InChI is InChI=1S/C21H13F3N4O3S3/c22-21(23,24)14-4-2-1-3-13(14)10-32-20-28-27-18(34-20)25-16(29)12-7-5-11(6-8-12)9-15-17(30)26-19(31)33-15/h1-9H,10H2,(H,25,27,29)(H,26,30,31)/b15-9+. The van der Waals surface area contributed by atoms with E-state index >= 15 is 0 Å². The highest BCUT2D eigenvalue weighted by molar-refractivity contribution is 8.18. The SMILES string of the molecule is O=C1NC(=O)/C(=C\c2ccc(C(=O)Nc3nnc(SCc4ccccc4C(F)(F)F)s3)cc2)S1. The third-order valence-electron chi connectivity index (χ3n) is 4.41. The minimum Gasteiger partial charge on any atom is -0.296 e. The van der Waals surface area contributed by atoms with Crippen molar-refractivity contribution in [1.82, 2.24) is 15.5 Å². The number of rotatable bonds is 6. The first-order chi connectivity index (χ1) is 16.2. The van der Waals surface area contributed by atoms with Gasteiger partial charge in [-0.1, -0.05) is 53.4 Å². The number of thioether (sulfide) groups is 2. The van der Waals surface area contributed by atoms with Crippen molar-refractivity contribution in [1.29, 1.82) is 0 Å². The molecule has 0 atom stereocenters. The highest BCUT2D eigenvalue weighted by Crippen LogP contribution is 2.36. The molecule has 174 valence electrons. The minimum atomic E-state index is -4.44. The first-order valence-corrected chi connectivity index (χ1v) is 12.1. The summed E-state index contributed by atoms with van der Waals surface area (Å²) in [7, 11) is 0. The molecule has 1 aliphatic rings. The maximum absolute atomic E-state index is 13.1. The van der Waals surface area contributed by atoms with Gasteiger partial charge >= 0.3 is 6.18 Å². The van der Waals surface area contributed by atoms with Crippen LogP contribution in [0.5, 0.6) is 0 Å². The van der Waals surface area contributed by atoms with Gasteiger partial charge in [0, 0.05) is 11.3 Å². The Kier molecular flexibility index (Phi) is 7.05. The topological polar surface area (TPSA) is 101 Å². The fraction of sp³-hybridized carbons (Fsp3) is 0.0952. The number of carbonyl (C=O) groups excluding carboxylic acids is 3. The van der Waals surface area contributed by atoms with Crippen LogP contribution in [0.25, 0.3) is 6.08 Å². The Morgan fingerprint density at radius 3 is 2.50 bits per heavy atom. The summed E-state index contributed by atoms with van der Waals surface area (Å²) in [6.45, 7) is 0. The fourth-order valence-corrected chi connectivity index (χ4v) is 5.29. The highest BCUT2D eigenvalue weighted by Gasteiger charge is 2.32. The van der Waals surface area contributed by atoms with Crippen LogP contribution < -0.4 is 10.6 Å². The highest BCUT2D eigenvalue weighted by atomic mass is 32.2. The van der Waals surface area contributed by atoms with Crippen LogP contribution >= 0.6 is 34.9 Å². The molecule has 0 saturated carbocycles. The zero-order valence-electron chi connectivity index (χ0n) is 16.9. The van der Waals surface area contributed by atoms with Gasteiger partial charge in [0.15, 0.2) is 4.34 Å². The summed E-state index contributed by atoms with van der Waals surface area (Å²) < 4.78 is 39.8. The Bertz CT molecular complexity index is 1290. The summed E-state index contributed by atoms with van der Waals surface area (Å²) in [4.78, 5) is 35.6. The van der Waals surface area contributed by atoms with E-state index in [9.17, 15) is 27.6 Å². The van der Waals surface area contributed by atoms with Crippen LogP contribution in [-0.4, -0.2) is 27.3 Å². The number of nitrogens with zero attached hydrogens (tertiary/aromatic N) is 2. The molecule has 1 aromatic heterocycles. The number of hydrogen-bond acceptors (Lipinski definition) is 8. The van der Waals surface area contributed by atoms with Crippen molar-refractivity contribution in [2.45, 2.75) is 16.3 Å². The quantitative estimate of drug-likeness (QED) is 0.253. The second kappa shape index (κ2) is 9.99. The lowest BCUT2D eigenvalue weighted by atomic mass is 10.1. The van der Waals surface area contributed by atoms with Crippen molar-refractivity contribution in [3.63, 3.8) is 0 Å². The second-order valence-electron chi connectivity index (χ2n) is 6.75. The minimum absolute atomic E-state index is 0.0527. The van der Waals surface area contributed by atoms with Crippen molar-refractivity contribution in [3.05, 3.63) is 75.7 Å². The van der Waals surface area contributed by atoms with E-state index in [0.29, 0.717) is 15.5 Å². The molecular formula is C21H13F3N4O3S3. The van der Waals surface area contributed by atoms with Gasteiger partial charge in [-0.3, -0.25) is 25.0 Å².